The second kappa shape index (κ2) is 10.4. The molecular formula is C24H21BrN4OS. The van der Waals surface area contributed by atoms with E-state index in [1.807, 2.05) is 48.5 Å². The Labute approximate surface area is 194 Å². The average molecular weight is 493 g/mol. The summed E-state index contributed by atoms with van der Waals surface area (Å²) in [5.41, 5.74) is 4.48. The first-order valence-corrected chi connectivity index (χ1v) is 11.5. The van der Waals surface area contributed by atoms with Gasteiger partial charge in [-0.2, -0.15) is 9.78 Å². The molecule has 0 saturated heterocycles. The monoisotopic (exact) mass is 492 g/mol. The van der Waals surface area contributed by atoms with E-state index in [9.17, 15) is 0 Å². The summed E-state index contributed by atoms with van der Waals surface area (Å²) in [4.78, 5) is 0. The molecule has 0 spiro atoms. The van der Waals surface area contributed by atoms with Gasteiger partial charge in [-0.25, -0.2) is 0 Å². The van der Waals surface area contributed by atoms with Gasteiger partial charge in [0.25, 0.3) is 0 Å². The van der Waals surface area contributed by atoms with Crippen molar-refractivity contribution in [2.24, 2.45) is 5.10 Å². The van der Waals surface area contributed by atoms with E-state index in [1.165, 1.54) is 11.1 Å². The summed E-state index contributed by atoms with van der Waals surface area (Å²) in [6, 6.07) is 24.4. The van der Waals surface area contributed by atoms with Crippen LogP contribution in [0.1, 0.15) is 22.3 Å². The number of rotatable bonds is 8. The van der Waals surface area contributed by atoms with Gasteiger partial charge in [-0.05, 0) is 42.3 Å². The van der Waals surface area contributed by atoms with Crippen molar-refractivity contribution >= 4 is 33.9 Å². The van der Waals surface area contributed by atoms with E-state index >= 15 is 0 Å². The molecule has 156 valence electrons. The molecule has 1 aromatic heterocycles. The Hall–Kier alpha value is -2.90. The fourth-order valence-corrected chi connectivity index (χ4v) is 3.89. The predicted molar refractivity (Wildman–Crippen MR) is 129 cm³/mol. The molecule has 4 aromatic rings. The maximum absolute atomic E-state index is 6.03. The van der Waals surface area contributed by atoms with Gasteiger partial charge < -0.3 is 4.74 Å². The van der Waals surface area contributed by atoms with Gasteiger partial charge in [-0.1, -0.05) is 81.8 Å². The van der Waals surface area contributed by atoms with Gasteiger partial charge >= 0.3 is 0 Å². The summed E-state index contributed by atoms with van der Waals surface area (Å²) in [6.45, 7) is 2.57. The standard InChI is InChI=1S/C24H21BrN4OS/c1-18-6-8-20(9-7-18)16-31-24-28-26-17-29(24)27-14-21-4-2-3-5-23(21)30-15-19-10-12-22(25)13-11-19/h2-14,17H,15-16H2,1H3/b27-14+. The summed E-state index contributed by atoms with van der Waals surface area (Å²) in [6.07, 6.45) is 3.38. The van der Waals surface area contributed by atoms with Crippen LogP contribution in [0.5, 0.6) is 5.75 Å². The van der Waals surface area contributed by atoms with Crippen LogP contribution in [-0.2, 0) is 12.4 Å². The second-order valence-electron chi connectivity index (χ2n) is 6.93. The second-order valence-corrected chi connectivity index (χ2v) is 8.79. The molecule has 0 saturated carbocycles. The van der Waals surface area contributed by atoms with Crippen molar-refractivity contribution in [2.45, 2.75) is 24.4 Å². The Bertz CT molecular complexity index is 1160. The fourth-order valence-electron chi connectivity index (χ4n) is 2.81. The maximum Gasteiger partial charge on any atom is 0.212 e. The van der Waals surface area contributed by atoms with Crippen molar-refractivity contribution in [2.75, 3.05) is 0 Å². The third-order valence-electron chi connectivity index (χ3n) is 4.54. The number of halogens is 1. The van der Waals surface area contributed by atoms with E-state index in [0.29, 0.717) is 6.61 Å². The first-order valence-electron chi connectivity index (χ1n) is 9.76. The Balaban J connectivity index is 1.42. The first kappa shape index (κ1) is 21.3. The Morgan fingerprint density at radius 2 is 1.74 bits per heavy atom. The van der Waals surface area contributed by atoms with Gasteiger partial charge in [-0.15, -0.1) is 10.2 Å². The molecule has 0 unspecified atom stereocenters. The van der Waals surface area contributed by atoms with E-state index in [4.69, 9.17) is 4.74 Å². The molecule has 0 aliphatic carbocycles. The Kier molecular flexibility index (Phi) is 7.17. The van der Waals surface area contributed by atoms with Gasteiger partial charge in [0.05, 0.1) is 6.21 Å². The van der Waals surface area contributed by atoms with Gasteiger partial charge in [0.15, 0.2) is 0 Å². The molecule has 31 heavy (non-hydrogen) atoms. The van der Waals surface area contributed by atoms with E-state index in [0.717, 1.165) is 32.3 Å². The summed E-state index contributed by atoms with van der Waals surface area (Å²) in [5.74, 6) is 1.58. The highest BCUT2D eigenvalue weighted by Gasteiger charge is 2.06. The van der Waals surface area contributed by atoms with E-state index in [1.54, 1.807) is 29.0 Å². The van der Waals surface area contributed by atoms with Crippen molar-refractivity contribution in [1.29, 1.82) is 0 Å². The van der Waals surface area contributed by atoms with Gasteiger partial charge in [0, 0.05) is 15.8 Å². The smallest absolute Gasteiger partial charge is 0.212 e. The van der Waals surface area contributed by atoms with Gasteiger partial charge in [0.2, 0.25) is 5.16 Å². The fraction of sp³-hybridized carbons (Fsp3) is 0.125. The molecule has 0 aliphatic rings. The zero-order valence-electron chi connectivity index (χ0n) is 17.0. The minimum Gasteiger partial charge on any atom is -0.488 e. The molecule has 3 aromatic carbocycles. The maximum atomic E-state index is 6.03. The number of hydrogen-bond acceptors (Lipinski definition) is 5. The SMILES string of the molecule is Cc1ccc(CSc2nncn2/N=C/c2ccccc2OCc2ccc(Br)cc2)cc1. The van der Waals surface area contributed by atoms with Crippen LogP contribution < -0.4 is 4.74 Å². The summed E-state index contributed by atoms with van der Waals surface area (Å²) >= 11 is 5.05. The molecule has 0 fully saturated rings. The summed E-state index contributed by atoms with van der Waals surface area (Å²) in [7, 11) is 0. The lowest BCUT2D eigenvalue weighted by Crippen LogP contribution is -1.99. The number of nitrogens with zero attached hydrogens (tertiary/aromatic N) is 4. The van der Waals surface area contributed by atoms with Crippen LogP contribution in [0.2, 0.25) is 0 Å². The highest BCUT2D eigenvalue weighted by molar-refractivity contribution is 9.10. The Morgan fingerprint density at radius 1 is 1.00 bits per heavy atom. The number of para-hydroxylation sites is 1. The third-order valence-corrected chi connectivity index (χ3v) is 6.07. The predicted octanol–water partition coefficient (Wildman–Crippen LogP) is 6.10. The third kappa shape index (κ3) is 6.06. The van der Waals surface area contributed by atoms with Crippen LogP contribution >= 0.6 is 27.7 Å². The van der Waals surface area contributed by atoms with E-state index in [-0.39, 0.29) is 0 Å². The first-order chi connectivity index (χ1) is 15.2. The molecule has 7 heteroatoms. The molecular weight excluding hydrogens is 472 g/mol. The molecule has 0 N–H and O–H groups in total. The lowest BCUT2D eigenvalue weighted by Gasteiger charge is -2.09. The van der Waals surface area contributed by atoms with Crippen LogP contribution in [0.25, 0.3) is 0 Å². The summed E-state index contributed by atoms with van der Waals surface area (Å²) in [5, 5.41) is 13.5. The van der Waals surface area contributed by atoms with Crippen LogP contribution in [0.15, 0.2) is 93.9 Å². The minimum atomic E-state index is 0.489. The number of hydrogen-bond donors (Lipinski definition) is 0. The lowest BCUT2D eigenvalue weighted by molar-refractivity contribution is 0.306. The number of benzene rings is 3. The molecule has 0 amide bonds. The van der Waals surface area contributed by atoms with Crippen LogP contribution in [0.4, 0.5) is 0 Å². The number of aryl methyl sites for hydroxylation is 1. The number of aromatic nitrogens is 3. The van der Waals surface area contributed by atoms with Crippen molar-refractivity contribution in [1.82, 2.24) is 14.9 Å². The van der Waals surface area contributed by atoms with Crippen molar-refractivity contribution < 1.29 is 4.74 Å². The normalized spacial score (nSPS) is 11.2. The highest BCUT2D eigenvalue weighted by Crippen LogP contribution is 2.22. The largest absolute Gasteiger partial charge is 0.488 e. The molecule has 0 aliphatic heterocycles. The van der Waals surface area contributed by atoms with Crippen molar-refractivity contribution in [3.63, 3.8) is 0 Å². The molecule has 4 rings (SSSR count). The zero-order chi connectivity index (χ0) is 21.5. The van der Waals surface area contributed by atoms with Crippen LogP contribution in [-0.4, -0.2) is 21.1 Å². The minimum absolute atomic E-state index is 0.489. The molecule has 5 nitrogen and oxygen atoms in total. The highest BCUT2D eigenvalue weighted by atomic mass is 79.9. The molecule has 1 heterocycles. The molecule has 0 bridgehead atoms. The number of thioether (sulfide) groups is 1. The molecule has 0 atom stereocenters. The average Bonchev–Trinajstić information content (AvgIpc) is 3.25. The van der Waals surface area contributed by atoms with E-state index < -0.39 is 0 Å². The summed E-state index contributed by atoms with van der Waals surface area (Å²) < 4.78 is 8.76. The van der Waals surface area contributed by atoms with Crippen molar-refractivity contribution in [3.8, 4) is 5.75 Å². The van der Waals surface area contributed by atoms with Crippen LogP contribution in [0.3, 0.4) is 0 Å². The molecule has 0 radical (unpaired) electrons. The Morgan fingerprint density at radius 3 is 2.55 bits per heavy atom. The quantitative estimate of drug-likeness (QED) is 0.220. The van der Waals surface area contributed by atoms with Crippen molar-refractivity contribution in [3.05, 3.63) is 106 Å². The van der Waals surface area contributed by atoms with Gasteiger partial charge in [-0.3, -0.25) is 0 Å². The van der Waals surface area contributed by atoms with Gasteiger partial charge in [0.1, 0.15) is 18.7 Å². The zero-order valence-corrected chi connectivity index (χ0v) is 19.4. The number of ether oxygens (including phenoxy) is 1. The topological polar surface area (TPSA) is 52.3 Å². The van der Waals surface area contributed by atoms with Crippen LogP contribution in [0, 0.1) is 6.92 Å². The van der Waals surface area contributed by atoms with E-state index in [2.05, 4.69) is 62.4 Å². The lowest BCUT2D eigenvalue weighted by atomic mass is 10.2.